The molecule has 2 aliphatic heterocycles. The van der Waals surface area contributed by atoms with Gasteiger partial charge < -0.3 is 39.5 Å². The van der Waals surface area contributed by atoms with Crippen LogP contribution in [0.5, 0.6) is 0 Å². The fourth-order valence-corrected chi connectivity index (χ4v) is 8.92. The maximum atomic E-state index is 13.9. The number of hydrogen-bond acceptors (Lipinski definition) is 13. The number of ether oxygens (including phenoxy) is 3. The molecular weight excluding hydrogens is 881 g/mol. The van der Waals surface area contributed by atoms with E-state index in [1.54, 1.807) is 38.1 Å². The standard InChI is InChI=1S/C45H68IN5O9/c1-8-39-34(26-52)21-27(2)9-16-37(53)28(3)22-33(17-18-50(24-31-10-14-35(46)15-11-31)19-20-51-25-36(47-48-51)32-12-13-32)44(29(4)38(54)23-40(55)59-39)60-45-43(57)41(49(6)7)42(56)30(5)58-45/h9-11,14-16,21,25,28-30,32-34,38-39,41-45,52,54,56-57H,8,12-13,17-20,22-24,26H2,1-7H3/b16-9+,27-21+/t28-,29+,30-,33+,34-,38-,39-,41?,42-,43?,44-,45+/m1/s1. The first-order valence-corrected chi connectivity index (χ1v) is 22.7. The Morgan fingerprint density at radius 1 is 1.02 bits per heavy atom. The van der Waals surface area contributed by atoms with Gasteiger partial charge in [0.15, 0.2) is 12.1 Å². The third-order valence-corrected chi connectivity index (χ3v) is 13.2. The zero-order chi connectivity index (χ0) is 43.7. The summed E-state index contributed by atoms with van der Waals surface area (Å²) in [4.78, 5) is 31.5. The van der Waals surface area contributed by atoms with E-state index in [-0.39, 0.29) is 24.7 Å². The number of nitrogens with zero attached hydrogens (tertiary/aromatic N) is 5. The molecule has 1 saturated heterocycles. The Balaban J connectivity index is 1.50. The molecule has 4 N–H and O–H groups in total. The van der Waals surface area contributed by atoms with Crippen LogP contribution in [0.3, 0.4) is 0 Å². The summed E-state index contributed by atoms with van der Waals surface area (Å²) in [6, 6.07) is 7.73. The van der Waals surface area contributed by atoms with E-state index in [1.807, 2.05) is 44.6 Å². The lowest BCUT2D eigenvalue weighted by atomic mass is 9.79. The summed E-state index contributed by atoms with van der Waals surface area (Å²) in [6.45, 7) is 11.4. The number of rotatable bonds is 14. The Bertz CT molecular complexity index is 1740. The molecule has 0 spiro atoms. The summed E-state index contributed by atoms with van der Waals surface area (Å²) >= 11 is 2.30. The van der Waals surface area contributed by atoms with Crippen LogP contribution in [-0.4, -0.2) is 140 Å². The molecule has 0 amide bonds. The van der Waals surface area contributed by atoms with Crippen molar-refractivity contribution in [2.75, 3.05) is 33.8 Å². The van der Waals surface area contributed by atoms with Gasteiger partial charge in [-0.1, -0.05) is 55.8 Å². The second-order valence-corrected chi connectivity index (χ2v) is 18.8. The average molecular weight is 950 g/mol. The predicted molar refractivity (Wildman–Crippen MR) is 235 cm³/mol. The molecule has 3 heterocycles. The molecule has 0 bridgehead atoms. The smallest absolute Gasteiger partial charge is 0.308 e. The van der Waals surface area contributed by atoms with Crippen molar-refractivity contribution in [2.45, 2.75) is 141 Å². The van der Waals surface area contributed by atoms with Crippen LogP contribution < -0.4 is 0 Å². The number of aliphatic hydroxyl groups excluding tert-OH is 4. The molecule has 5 rings (SSSR count). The van der Waals surface area contributed by atoms with Gasteiger partial charge in [0.1, 0.15) is 12.2 Å². The van der Waals surface area contributed by atoms with Crippen molar-refractivity contribution in [1.29, 1.82) is 0 Å². The van der Waals surface area contributed by atoms with E-state index < -0.39 is 72.7 Å². The van der Waals surface area contributed by atoms with E-state index >= 15 is 0 Å². The number of cyclic esters (lactones) is 1. The highest BCUT2D eigenvalue weighted by Gasteiger charge is 2.47. The molecule has 14 nitrogen and oxygen atoms in total. The van der Waals surface area contributed by atoms with Gasteiger partial charge in [0.25, 0.3) is 0 Å². The number of likely N-dealkylation sites (N-methyl/N-ethyl adjacent to an activating group) is 1. The molecule has 60 heavy (non-hydrogen) atoms. The van der Waals surface area contributed by atoms with E-state index in [2.05, 4.69) is 62.1 Å². The van der Waals surface area contributed by atoms with Gasteiger partial charge >= 0.3 is 5.97 Å². The van der Waals surface area contributed by atoms with Crippen molar-refractivity contribution >= 4 is 34.3 Å². The Morgan fingerprint density at radius 3 is 2.38 bits per heavy atom. The summed E-state index contributed by atoms with van der Waals surface area (Å²) in [6.07, 6.45) is 3.67. The highest BCUT2D eigenvalue weighted by Crippen LogP contribution is 2.39. The topological polar surface area (TPSA) is 180 Å². The van der Waals surface area contributed by atoms with Crippen molar-refractivity contribution in [3.05, 3.63) is 69.1 Å². The quantitative estimate of drug-likeness (QED) is 0.154. The Morgan fingerprint density at radius 2 is 1.73 bits per heavy atom. The normalized spacial score (nSPS) is 34.1. The van der Waals surface area contributed by atoms with Gasteiger partial charge in [-0.25, -0.2) is 0 Å². The number of esters is 1. The number of hydrogen-bond donors (Lipinski definition) is 4. The van der Waals surface area contributed by atoms with Gasteiger partial charge in [0.2, 0.25) is 0 Å². The van der Waals surface area contributed by atoms with Crippen molar-refractivity contribution in [2.24, 2.45) is 23.7 Å². The first-order valence-electron chi connectivity index (χ1n) is 21.7. The SMILES string of the molecule is CC[C@H]1OC(=O)C[C@@H](O)[C@H](C)[C@@H](O[C@@H]2O[C@H](C)[C@@H](O)C(N(C)C)C2O)[C@@H](CCN(CCn2cc(C3CC3)nn2)Cc2ccc(I)cc2)C[C@@H](C)C(=O)/C=C/C(C)=C/[C@@H]1CO. The minimum atomic E-state index is -1.25. The summed E-state index contributed by atoms with van der Waals surface area (Å²) in [5.74, 6) is -2.22. The molecule has 3 aliphatic rings. The molecule has 1 aliphatic carbocycles. The lowest BCUT2D eigenvalue weighted by Crippen LogP contribution is -2.63. The summed E-state index contributed by atoms with van der Waals surface area (Å²) in [5, 5.41) is 53.7. The van der Waals surface area contributed by atoms with E-state index in [0.29, 0.717) is 51.4 Å². The molecule has 0 radical (unpaired) electrons. The summed E-state index contributed by atoms with van der Waals surface area (Å²) in [7, 11) is 3.55. The molecule has 2 aromatic rings. The fraction of sp³-hybridized carbons (Fsp3) is 0.689. The highest BCUT2D eigenvalue weighted by molar-refractivity contribution is 14.1. The van der Waals surface area contributed by atoms with Gasteiger partial charge in [0, 0.05) is 46.5 Å². The van der Waals surface area contributed by atoms with Gasteiger partial charge in [-0.05, 0) is 119 Å². The Kier molecular flexibility index (Phi) is 18.3. The van der Waals surface area contributed by atoms with Crippen molar-refractivity contribution in [3.63, 3.8) is 0 Å². The monoisotopic (exact) mass is 949 g/mol. The van der Waals surface area contributed by atoms with Gasteiger partial charge in [-0.2, -0.15) is 0 Å². The third kappa shape index (κ3) is 13.4. The van der Waals surface area contributed by atoms with Gasteiger partial charge in [0.05, 0.1) is 55.7 Å². The number of aromatic nitrogens is 3. The number of benzene rings is 1. The minimum Gasteiger partial charge on any atom is -0.462 e. The minimum absolute atomic E-state index is 0.0856. The molecule has 15 heteroatoms. The fourth-order valence-electron chi connectivity index (χ4n) is 8.56. The molecule has 1 aromatic carbocycles. The van der Waals surface area contributed by atoms with Crippen LogP contribution in [-0.2, 0) is 36.9 Å². The van der Waals surface area contributed by atoms with Crippen LogP contribution in [0.1, 0.15) is 90.3 Å². The lowest BCUT2D eigenvalue weighted by Gasteiger charge is -2.46. The molecule has 12 atom stereocenters. The van der Waals surface area contributed by atoms with E-state index in [9.17, 15) is 30.0 Å². The van der Waals surface area contributed by atoms with Crippen LogP contribution in [0.4, 0.5) is 0 Å². The first kappa shape index (κ1) is 48.4. The van der Waals surface area contributed by atoms with Crippen LogP contribution in [0.2, 0.25) is 0 Å². The number of carbonyl (C=O) groups is 2. The second-order valence-electron chi connectivity index (χ2n) is 17.6. The molecule has 334 valence electrons. The molecular formula is C45H68IN5O9. The summed E-state index contributed by atoms with van der Waals surface area (Å²) in [5.41, 5.74) is 2.93. The van der Waals surface area contributed by atoms with Crippen molar-refractivity contribution in [1.82, 2.24) is 24.8 Å². The Hall–Kier alpha value is -2.61. The van der Waals surface area contributed by atoms with Gasteiger partial charge in [-0.3, -0.25) is 19.2 Å². The Labute approximate surface area is 369 Å². The maximum absolute atomic E-state index is 13.9. The maximum Gasteiger partial charge on any atom is 0.308 e. The predicted octanol–water partition coefficient (Wildman–Crippen LogP) is 4.48. The number of aliphatic hydroxyl groups is 4. The van der Waals surface area contributed by atoms with Crippen LogP contribution in [0, 0.1) is 27.2 Å². The summed E-state index contributed by atoms with van der Waals surface area (Å²) < 4.78 is 21.9. The van der Waals surface area contributed by atoms with Crippen LogP contribution >= 0.6 is 22.6 Å². The number of halogens is 1. The van der Waals surface area contributed by atoms with Gasteiger partial charge in [-0.15, -0.1) is 5.10 Å². The third-order valence-electron chi connectivity index (χ3n) is 12.5. The number of ketones is 1. The van der Waals surface area contributed by atoms with Crippen LogP contribution in [0.25, 0.3) is 0 Å². The zero-order valence-corrected chi connectivity index (χ0v) is 38.5. The van der Waals surface area contributed by atoms with Crippen LogP contribution in [0.15, 0.2) is 54.3 Å². The lowest BCUT2D eigenvalue weighted by molar-refractivity contribution is -0.304. The largest absolute Gasteiger partial charge is 0.462 e. The van der Waals surface area contributed by atoms with E-state index in [0.717, 1.165) is 33.2 Å². The molecule has 1 aromatic heterocycles. The van der Waals surface area contributed by atoms with Crippen molar-refractivity contribution < 1.29 is 44.2 Å². The highest BCUT2D eigenvalue weighted by atomic mass is 127. The molecule has 2 unspecified atom stereocenters. The van der Waals surface area contributed by atoms with E-state index in [4.69, 9.17) is 14.2 Å². The molecule has 1 saturated carbocycles. The number of allylic oxidation sites excluding steroid dienone is 3. The zero-order valence-electron chi connectivity index (χ0n) is 36.3. The first-order chi connectivity index (χ1) is 28.6. The second kappa shape index (κ2) is 22.7. The van der Waals surface area contributed by atoms with Crippen molar-refractivity contribution in [3.8, 4) is 0 Å². The molecule has 2 fully saturated rings. The average Bonchev–Trinajstić information content (AvgIpc) is 3.96. The van der Waals surface area contributed by atoms with E-state index in [1.165, 1.54) is 0 Å². The number of carbonyl (C=O) groups excluding carboxylic acids is 2.